The van der Waals surface area contributed by atoms with Crippen molar-refractivity contribution in [2.24, 2.45) is 4.99 Å². The lowest BCUT2D eigenvalue weighted by molar-refractivity contribution is -0.116. The number of nitrogens with one attached hydrogen (secondary N) is 3. The van der Waals surface area contributed by atoms with Crippen LogP contribution in [0.4, 0.5) is 5.69 Å². The number of rotatable bonds is 7. The van der Waals surface area contributed by atoms with Crippen LogP contribution >= 0.6 is 35.6 Å². The molecule has 156 valence electrons. The first-order chi connectivity index (χ1) is 13.7. The molecule has 0 saturated carbocycles. The Labute approximate surface area is 193 Å². The van der Waals surface area contributed by atoms with Gasteiger partial charge in [0.15, 0.2) is 5.96 Å². The van der Waals surface area contributed by atoms with Gasteiger partial charge < -0.3 is 20.7 Å². The van der Waals surface area contributed by atoms with Crippen LogP contribution in [0.3, 0.4) is 0 Å². The Kier molecular flexibility index (Phi) is 9.53. The number of anilines is 1. The molecule has 8 heteroatoms. The van der Waals surface area contributed by atoms with Gasteiger partial charge in [-0.2, -0.15) is 0 Å². The van der Waals surface area contributed by atoms with Crippen molar-refractivity contribution in [3.63, 3.8) is 0 Å². The van der Waals surface area contributed by atoms with E-state index in [4.69, 9.17) is 16.3 Å². The van der Waals surface area contributed by atoms with Crippen molar-refractivity contribution in [1.82, 2.24) is 10.6 Å². The van der Waals surface area contributed by atoms with Crippen LogP contribution in [-0.2, 0) is 4.79 Å². The summed E-state index contributed by atoms with van der Waals surface area (Å²) < 4.78 is 5.69. The van der Waals surface area contributed by atoms with E-state index >= 15 is 0 Å². The highest BCUT2D eigenvalue weighted by atomic mass is 127. The van der Waals surface area contributed by atoms with Crippen molar-refractivity contribution in [2.45, 2.75) is 19.3 Å². The molecule has 1 unspecified atom stereocenters. The largest absolute Gasteiger partial charge is 0.492 e. The lowest BCUT2D eigenvalue weighted by Crippen LogP contribution is -2.39. The highest BCUT2D eigenvalue weighted by Gasteiger charge is 2.24. The standard InChI is InChI=1S/C21H25ClN4O2.HI/c1-2-23-21(24-10-11-28-17-7-5-6-16(22)13-17)25-14-15-12-20(27)26-19-9-4-3-8-18(15)19;/h3-9,13,15H,2,10-12,14H2,1H3,(H,26,27)(H2,23,24,25);1H. The Hall–Kier alpha value is -2.00. The van der Waals surface area contributed by atoms with Crippen molar-refractivity contribution in [3.8, 4) is 5.75 Å². The second-order valence-corrected chi connectivity index (χ2v) is 6.93. The van der Waals surface area contributed by atoms with Crippen LogP contribution in [0.25, 0.3) is 0 Å². The first-order valence-electron chi connectivity index (χ1n) is 9.45. The van der Waals surface area contributed by atoms with Gasteiger partial charge in [0.2, 0.25) is 5.91 Å². The zero-order valence-electron chi connectivity index (χ0n) is 16.3. The van der Waals surface area contributed by atoms with Gasteiger partial charge in [-0.1, -0.05) is 35.9 Å². The Morgan fingerprint density at radius 1 is 1.24 bits per heavy atom. The Morgan fingerprint density at radius 2 is 2.07 bits per heavy atom. The number of benzene rings is 2. The van der Waals surface area contributed by atoms with E-state index in [1.807, 2.05) is 49.4 Å². The zero-order chi connectivity index (χ0) is 19.8. The molecule has 0 bridgehead atoms. The molecule has 6 nitrogen and oxygen atoms in total. The fourth-order valence-electron chi connectivity index (χ4n) is 3.10. The molecule has 0 radical (unpaired) electrons. The van der Waals surface area contributed by atoms with Crippen molar-refractivity contribution >= 4 is 53.1 Å². The Balaban J connectivity index is 0.00000300. The van der Waals surface area contributed by atoms with E-state index in [1.54, 1.807) is 6.07 Å². The zero-order valence-corrected chi connectivity index (χ0v) is 19.4. The number of ether oxygens (including phenoxy) is 1. The normalized spacial score (nSPS) is 15.6. The maximum atomic E-state index is 12.0. The molecule has 1 amide bonds. The molecule has 2 aromatic rings. The SMILES string of the molecule is CCNC(=NCC1CC(=O)Nc2ccccc21)NCCOc1cccc(Cl)c1.I. The molecule has 2 aromatic carbocycles. The summed E-state index contributed by atoms with van der Waals surface area (Å²) in [6.07, 6.45) is 0.442. The van der Waals surface area contributed by atoms with Gasteiger partial charge in [0.25, 0.3) is 0 Å². The first-order valence-corrected chi connectivity index (χ1v) is 9.83. The van der Waals surface area contributed by atoms with Crippen molar-refractivity contribution < 1.29 is 9.53 Å². The number of halogens is 2. The van der Waals surface area contributed by atoms with Crippen LogP contribution in [0.2, 0.25) is 5.02 Å². The molecule has 1 aliphatic rings. The van der Waals surface area contributed by atoms with Crippen LogP contribution in [0.5, 0.6) is 5.75 Å². The molecule has 1 aliphatic heterocycles. The third kappa shape index (κ3) is 7.08. The van der Waals surface area contributed by atoms with Gasteiger partial charge >= 0.3 is 0 Å². The summed E-state index contributed by atoms with van der Waals surface area (Å²) in [5.74, 6) is 1.55. The second kappa shape index (κ2) is 11.9. The van der Waals surface area contributed by atoms with Gasteiger partial charge in [0, 0.05) is 29.6 Å². The predicted molar refractivity (Wildman–Crippen MR) is 129 cm³/mol. The lowest BCUT2D eigenvalue weighted by atomic mass is 9.91. The minimum Gasteiger partial charge on any atom is -0.492 e. The van der Waals surface area contributed by atoms with Crippen LogP contribution in [-0.4, -0.2) is 38.1 Å². The Morgan fingerprint density at radius 3 is 2.86 bits per heavy atom. The van der Waals surface area contributed by atoms with Gasteiger partial charge in [0.1, 0.15) is 12.4 Å². The monoisotopic (exact) mass is 528 g/mol. The number of carbonyl (C=O) groups excluding carboxylic acids is 1. The number of fused-ring (bicyclic) bond motifs is 1. The molecule has 0 saturated heterocycles. The van der Waals surface area contributed by atoms with Crippen molar-refractivity contribution in [2.75, 3.05) is 31.6 Å². The molecule has 3 rings (SSSR count). The highest BCUT2D eigenvalue weighted by Crippen LogP contribution is 2.31. The van der Waals surface area contributed by atoms with Crippen LogP contribution < -0.4 is 20.7 Å². The minimum absolute atomic E-state index is 0. The van der Waals surface area contributed by atoms with E-state index in [2.05, 4.69) is 20.9 Å². The number of nitrogens with zero attached hydrogens (tertiary/aromatic N) is 1. The van der Waals surface area contributed by atoms with Crippen molar-refractivity contribution in [3.05, 3.63) is 59.1 Å². The third-order valence-electron chi connectivity index (χ3n) is 4.38. The topological polar surface area (TPSA) is 74.8 Å². The predicted octanol–water partition coefficient (Wildman–Crippen LogP) is 4.02. The van der Waals surface area contributed by atoms with Crippen LogP contribution in [0.1, 0.15) is 24.8 Å². The van der Waals surface area contributed by atoms with Gasteiger partial charge in [0.05, 0.1) is 13.1 Å². The number of para-hydroxylation sites is 1. The summed E-state index contributed by atoms with van der Waals surface area (Å²) in [7, 11) is 0. The number of carbonyl (C=O) groups is 1. The molecule has 3 N–H and O–H groups in total. The van der Waals surface area contributed by atoms with Crippen LogP contribution in [0.15, 0.2) is 53.5 Å². The van der Waals surface area contributed by atoms with Crippen LogP contribution in [0, 0.1) is 0 Å². The lowest BCUT2D eigenvalue weighted by Gasteiger charge is -2.24. The summed E-state index contributed by atoms with van der Waals surface area (Å²) in [6, 6.07) is 15.2. The molecule has 0 spiro atoms. The Bertz CT molecular complexity index is 847. The number of hydrogen-bond acceptors (Lipinski definition) is 3. The average Bonchev–Trinajstić information content (AvgIpc) is 2.69. The summed E-state index contributed by atoms with van der Waals surface area (Å²) in [5.41, 5.74) is 2.01. The van der Waals surface area contributed by atoms with E-state index in [0.717, 1.165) is 23.5 Å². The summed E-state index contributed by atoms with van der Waals surface area (Å²) in [6.45, 7) is 4.39. The van der Waals surface area contributed by atoms with E-state index < -0.39 is 0 Å². The average molecular weight is 529 g/mol. The molecule has 0 aromatic heterocycles. The quantitative estimate of drug-likeness (QED) is 0.220. The van der Waals surface area contributed by atoms with Gasteiger partial charge in [-0.15, -0.1) is 24.0 Å². The number of guanidine groups is 1. The van der Waals surface area contributed by atoms with Gasteiger partial charge in [-0.05, 0) is 36.8 Å². The van der Waals surface area contributed by atoms with E-state index in [-0.39, 0.29) is 35.8 Å². The molecular formula is C21H26ClIN4O2. The number of amides is 1. The fourth-order valence-corrected chi connectivity index (χ4v) is 3.28. The van der Waals surface area contributed by atoms with E-state index in [9.17, 15) is 4.79 Å². The van der Waals surface area contributed by atoms with Gasteiger partial charge in [-0.25, -0.2) is 0 Å². The number of aliphatic imine (C=N–C) groups is 1. The molecule has 0 aliphatic carbocycles. The molecule has 29 heavy (non-hydrogen) atoms. The highest BCUT2D eigenvalue weighted by molar-refractivity contribution is 14.0. The maximum absolute atomic E-state index is 12.0. The second-order valence-electron chi connectivity index (χ2n) is 6.49. The van der Waals surface area contributed by atoms with Gasteiger partial charge in [-0.3, -0.25) is 9.79 Å². The number of hydrogen-bond donors (Lipinski definition) is 3. The molecular weight excluding hydrogens is 503 g/mol. The first kappa shape index (κ1) is 23.3. The van der Waals surface area contributed by atoms with E-state index in [1.165, 1.54) is 0 Å². The summed E-state index contributed by atoms with van der Waals surface area (Å²) in [5, 5.41) is 10.1. The summed E-state index contributed by atoms with van der Waals surface area (Å²) in [4.78, 5) is 16.6. The minimum atomic E-state index is 0. The smallest absolute Gasteiger partial charge is 0.225 e. The third-order valence-corrected chi connectivity index (χ3v) is 4.61. The molecule has 1 atom stereocenters. The van der Waals surface area contributed by atoms with E-state index in [0.29, 0.717) is 37.1 Å². The summed E-state index contributed by atoms with van der Waals surface area (Å²) >= 11 is 5.96. The maximum Gasteiger partial charge on any atom is 0.225 e. The van der Waals surface area contributed by atoms with Crippen molar-refractivity contribution in [1.29, 1.82) is 0 Å². The fraction of sp³-hybridized carbons (Fsp3) is 0.333. The molecule has 1 heterocycles. The molecule has 0 fully saturated rings.